The van der Waals surface area contributed by atoms with Crippen LogP contribution in [0.1, 0.15) is 12.8 Å². The molecule has 0 bridgehead atoms. The van der Waals surface area contributed by atoms with Gasteiger partial charge in [0.1, 0.15) is 5.75 Å². The molecule has 0 aliphatic heterocycles. The number of fused-ring (bicyclic) bond motifs is 2. The van der Waals surface area contributed by atoms with Crippen LogP contribution in [0.2, 0.25) is 0 Å². The van der Waals surface area contributed by atoms with Crippen molar-refractivity contribution in [3.8, 4) is 5.75 Å². The van der Waals surface area contributed by atoms with E-state index in [4.69, 9.17) is 0 Å². The van der Waals surface area contributed by atoms with Crippen molar-refractivity contribution in [2.24, 2.45) is 11.8 Å². The van der Waals surface area contributed by atoms with Crippen LogP contribution in [0.3, 0.4) is 0 Å². The second kappa shape index (κ2) is 4.02. The maximum absolute atomic E-state index is 9.91. The lowest BCUT2D eigenvalue weighted by Gasteiger charge is -2.41. The summed E-state index contributed by atoms with van der Waals surface area (Å²) < 4.78 is 0. The Morgan fingerprint density at radius 3 is 2.79 bits per heavy atom. The molecule has 1 saturated carbocycles. The van der Waals surface area contributed by atoms with Crippen molar-refractivity contribution in [1.82, 2.24) is 0 Å². The molecule has 2 aromatic rings. The number of hydrogen-bond acceptors (Lipinski definition) is 2. The monoisotopic (exact) mass is 251 g/mol. The van der Waals surface area contributed by atoms with E-state index in [0.717, 1.165) is 22.4 Å². The van der Waals surface area contributed by atoms with Gasteiger partial charge in [0.05, 0.1) is 0 Å². The van der Waals surface area contributed by atoms with E-state index in [9.17, 15) is 5.11 Å². The average Bonchev–Trinajstić information content (AvgIpc) is 2.78. The maximum atomic E-state index is 9.91. The van der Waals surface area contributed by atoms with Crippen molar-refractivity contribution in [1.29, 1.82) is 0 Å². The quantitative estimate of drug-likeness (QED) is 0.793. The van der Waals surface area contributed by atoms with Gasteiger partial charge in [0, 0.05) is 28.4 Å². The van der Waals surface area contributed by atoms with Gasteiger partial charge < -0.3 is 10.4 Å². The minimum Gasteiger partial charge on any atom is -0.507 e. The molecule has 0 saturated heterocycles. The van der Waals surface area contributed by atoms with Gasteiger partial charge in [0.25, 0.3) is 0 Å². The molecular formula is C17H17NO. The van der Waals surface area contributed by atoms with Crippen molar-refractivity contribution in [2.45, 2.75) is 18.9 Å². The zero-order valence-electron chi connectivity index (χ0n) is 10.7. The molecule has 4 rings (SSSR count). The predicted molar refractivity (Wildman–Crippen MR) is 78.4 cm³/mol. The van der Waals surface area contributed by atoms with Crippen LogP contribution >= 0.6 is 0 Å². The fourth-order valence-electron chi connectivity index (χ4n) is 3.50. The Morgan fingerprint density at radius 1 is 1.05 bits per heavy atom. The van der Waals surface area contributed by atoms with Crippen molar-refractivity contribution >= 4 is 16.5 Å². The number of nitrogens with one attached hydrogen (secondary N) is 1. The molecule has 2 nitrogen and oxygen atoms in total. The lowest BCUT2D eigenvalue weighted by Crippen LogP contribution is -2.43. The second-order valence-electron chi connectivity index (χ2n) is 5.67. The SMILES string of the molecule is Oc1cccc2c(NC3CC4CC=CC43)cccc12. The van der Waals surface area contributed by atoms with Gasteiger partial charge in [-0.2, -0.15) is 0 Å². The predicted octanol–water partition coefficient (Wildman–Crippen LogP) is 3.92. The van der Waals surface area contributed by atoms with E-state index >= 15 is 0 Å². The highest BCUT2D eigenvalue weighted by Crippen LogP contribution is 2.44. The summed E-state index contributed by atoms with van der Waals surface area (Å²) in [5.41, 5.74) is 1.14. The smallest absolute Gasteiger partial charge is 0.123 e. The lowest BCUT2D eigenvalue weighted by atomic mass is 9.71. The Bertz CT molecular complexity index is 661. The van der Waals surface area contributed by atoms with Crippen LogP contribution in [-0.2, 0) is 0 Å². The molecular weight excluding hydrogens is 234 g/mol. The molecule has 2 N–H and O–H groups in total. The van der Waals surface area contributed by atoms with Gasteiger partial charge in [-0.1, -0.05) is 36.4 Å². The highest BCUT2D eigenvalue weighted by molar-refractivity contribution is 5.97. The molecule has 96 valence electrons. The van der Waals surface area contributed by atoms with Gasteiger partial charge in [0.15, 0.2) is 0 Å². The van der Waals surface area contributed by atoms with Gasteiger partial charge in [-0.3, -0.25) is 0 Å². The Hall–Kier alpha value is -1.96. The second-order valence-corrected chi connectivity index (χ2v) is 5.67. The van der Waals surface area contributed by atoms with Crippen molar-refractivity contribution in [2.75, 3.05) is 5.32 Å². The summed E-state index contributed by atoms with van der Waals surface area (Å²) in [5, 5.41) is 15.6. The molecule has 2 aliphatic carbocycles. The van der Waals surface area contributed by atoms with Gasteiger partial charge in [-0.15, -0.1) is 0 Å². The van der Waals surface area contributed by atoms with E-state index in [1.807, 2.05) is 18.2 Å². The van der Waals surface area contributed by atoms with Crippen LogP contribution < -0.4 is 5.32 Å². The molecule has 1 fully saturated rings. The first kappa shape index (κ1) is 10.9. The Morgan fingerprint density at radius 2 is 1.89 bits per heavy atom. The zero-order valence-corrected chi connectivity index (χ0v) is 10.7. The molecule has 3 unspecified atom stereocenters. The summed E-state index contributed by atoms with van der Waals surface area (Å²) >= 11 is 0. The normalized spacial score (nSPS) is 28.1. The summed E-state index contributed by atoms with van der Waals surface area (Å²) in [6.45, 7) is 0. The number of phenols is 1. The van der Waals surface area contributed by atoms with Crippen LogP contribution in [0, 0.1) is 11.8 Å². The molecule has 2 aromatic carbocycles. The van der Waals surface area contributed by atoms with Crippen LogP contribution in [-0.4, -0.2) is 11.1 Å². The third kappa shape index (κ3) is 1.63. The molecule has 0 aromatic heterocycles. The van der Waals surface area contributed by atoms with Crippen LogP contribution in [0.15, 0.2) is 48.6 Å². The highest BCUT2D eigenvalue weighted by atomic mass is 16.3. The fraction of sp³-hybridized carbons (Fsp3) is 0.294. The first-order valence-electron chi connectivity index (χ1n) is 6.97. The summed E-state index contributed by atoms with van der Waals surface area (Å²) in [4.78, 5) is 0. The first-order chi connectivity index (χ1) is 9.33. The first-order valence-corrected chi connectivity index (χ1v) is 6.97. The van der Waals surface area contributed by atoms with Crippen molar-refractivity contribution in [3.63, 3.8) is 0 Å². The van der Waals surface area contributed by atoms with Crippen LogP contribution in [0.5, 0.6) is 5.75 Å². The molecule has 0 spiro atoms. The van der Waals surface area contributed by atoms with Gasteiger partial charge >= 0.3 is 0 Å². The largest absolute Gasteiger partial charge is 0.507 e. The van der Waals surface area contributed by atoms with E-state index in [0.29, 0.717) is 17.7 Å². The van der Waals surface area contributed by atoms with Gasteiger partial charge in [-0.25, -0.2) is 0 Å². The van der Waals surface area contributed by atoms with Crippen LogP contribution in [0.25, 0.3) is 10.8 Å². The molecule has 0 amide bonds. The van der Waals surface area contributed by atoms with Crippen molar-refractivity contribution in [3.05, 3.63) is 48.6 Å². The summed E-state index contributed by atoms with van der Waals surface area (Å²) in [5.74, 6) is 1.92. The summed E-state index contributed by atoms with van der Waals surface area (Å²) in [7, 11) is 0. The molecule has 3 atom stereocenters. The van der Waals surface area contributed by atoms with E-state index in [-0.39, 0.29) is 0 Å². The molecule has 2 heteroatoms. The zero-order chi connectivity index (χ0) is 12.8. The molecule has 19 heavy (non-hydrogen) atoms. The number of allylic oxidation sites excluding steroid dienone is 1. The lowest BCUT2D eigenvalue weighted by molar-refractivity contribution is 0.218. The van der Waals surface area contributed by atoms with E-state index in [1.165, 1.54) is 12.8 Å². The number of hydrogen-bond donors (Lipinski definition) is 2. The van der Waals surface area contributed by atoms with E-state index in [2.05, 4.69) is 29.6 Å². The number of benzene rings is 2. The number of rotatable bonds is 2. The summed E-state index contributed by atoms with van der Waals surface area (Å²) in [6, 6.07) is 12.3. The fourth-order valence-corrected chi connectivity index (χ4v) is 3.50. The van der Waals surface area contributed by atoms with E-state index < -0.39 is 0 Å². The Labute approximate surface area is 112 Å². The topological polar surface area (TPSA) is 32.3 Å². The van der Waals surface area contributed by atoms with Gasteiger partial charge in [0.2, 0.25) is 0 Å². The molecule has 0 heterocycles. The minimum atomic E-state index is 0.355. The minimum absolute atomic E-state index is 0.355. The average molecular weight is 251 g/mol. The number of anilines is 1. The van der Waals surface area contributed by atoms with Crippen molar-refractivity contribution < 1.29 is 5.11 Å². The molecule has 0 radical (unpaired) electrons. The maximum Gasteiger partial charge on any atom is 0.123 e. The van der Waals surface area contributed by atoms with E-state index in [1.54, 1.807) is 6.07 Å². The number of phenolic OH excluding ortho intramolecular Hbond substituents is 1. The highest BCUT2D eigenvalue weighted by Gasteiger charge is 2.40. The molecule has 2 aliphatic rings. The third-order valence-corrected chi connectivity index (χ3v) is 4.60. The third-order valence-electron chi connectivity index (χ3n) is 4.60. The Balaban J connectivity index is 1.68. The van der Waals surface area contributed by atoms with Gasteiger partial charge in [-0.05, 0) is 30.9 Å². The Kier molecular flexibility index (Phi) is 2.31. The standard InChI is InChI=1S/C17H17NO/c19-17-9-3-6-13-14(17)7-2-8-15(13)18-16-10-11-4-1-5-12(11)16/h1-3,5-9,11-12,16,18-19H,4,10H2. The number of aromatic hydroxyl groups is 1. The summed E-state index contributed by atoms with van der Waals surface area (Å²) in [6.07, 6.45) is 7.17. The van der Waals surface area contributed by atoms with Crippen LogP contribution in [0.4, 0.5) is 5.69 Å².